The molecule has 6 aliphatic rings. The number of nitrogens with one attached hydrogen (secondary N) is 2. The first-order valence-corrected chi connectivity index (χ1v) is 20.3. The summed E-state index contributed by atoms with van der Waals surface area (Å²) in [6.07, 6.45) is 0.616. The summed E-state index contributed by atoms with van der Waals surface area (Å²) >= 11 is 0. The van der Waals surface area contributed by atoms with Gasteiger partial charge in [0.2, 0.25) is 11.8 Å². The molecule has 57 heavy (non-hydrogen) atoms. The molecule has 1 saturated carbocycles. The lowest BCUT2D eigenvalue weighted by molar-refractivity contribution is -0.136. The summed E-state index contributed by atoms with van der Waals surface area (Å²) in [5, 5.41) is 25.1. The summed E-state index contributed by atoms with van der Waals surface area (Å²) in [6, 6.07) is 14.1. The highest BCUT2D eigenvalue weighted by atomic mass is 19.1. The maximum atomic E-state index is 15.9. The number of para-hydroxylation sites is 1. The number of amides is 3. The fourth-order valence-corrected chi connectivity index (χ4v) is 10.2. The van der Waals surface area contributed by atoms with E-state index in [0.717, 1.165) is 57.3 Å². The van der Waals surface area contributed by atoms with E-state index in [0.29, 0.717) is 66.0 Å². The van der Waals surface area contributed by atoms with Crippen molar-refractivity contribution in [1.29, 1.82) is 0 Å². The molecule has 2 unspecified atom stereocenters. The molecule has 15 heteroatoms. The minimum absolute atomic E-state index is 0.0722. The summed E-state index contributed by atoms with van der Waals surface area (Å²) in [5.41, 5.74) is 3.39. The van der Waals surface area contributed by atoms with E-state index in [-0.39, 0.29) is 48.1 Å². The number of carbonyl (C=O) groups excluding carboxylic acids is 4. The van der Waals surface area contributed by atoms with E-state index in [2.05, 4.69) is 42.5 Å². The highest BCUT2D eigenvalue weighted by molar-refractivity contribution is 6.06. The van der Waals surface area contributed by atoms with Crippen LogP contribution in [0.1, 0.15) is 46.9 Å². The number of fused-ring (bicyclic) bond motifs is 4. The van der Waals surface area contributed by atoms with E-state index in [9.17, 15) is 24.3 Å². The van der Waals surface area contributed by atoms with Crippen LogP contribution in [0.2, 0.25) is 0 Å². The third-order valence-electron chi connectivity index (χ3n) is 13.6. The van der Waals surface area contributed by atoms with Gasteiger partial charge in [0.15, 0.2) is 12.1 Å². The van der Waals surface area contributed by atoms with Crippen LogP contribution < -0.4 is 20.4 Å². The van der Waals surface area contributed by atoms with Crippen LogP contribution in [0, 0.1) is 23.7 Å². The Morgan fingerprint density at radius 1 is 1.02 bits per heavy atom. The van der Waals surface area contributed by atoms with Crippen LogP contribution in [-0.4, -0.2) is 144 Å². The maximum Gasteiger partial charge on any atom is 0.255 e. The van der Waals surface area contributed by atoms with Gasteiger partial charge in [0.05, 0.1) is 23.0 Å². The second-order valence-electron chi connectivity index (χ2n) is 17.0. The molecule has 14 nitrogen and oxygen atoms in total. The fraction of sp³-hybridized carbons (Fsp3) is 0.524. The minimum Gasteiger partial charge on any atom is -0.507 e. The Hall–Kier alpha value is -5.15. The second kappa shape index (κ2) is 15.0. The van der Waals surface area contributed by atoms with Crippen molar-refractivity contribution in [3.63, 3.8) is 0 Å². The van der Waals surface area contributed by atoms with Gasteiger partial charge >= 0.3 is 0 Å². The molecule has 3 N–H and O–H groups in total. The normalized spacial score (nSPS) is 29.8. The van der Waals surface area contributed by atoms with Crippen LogP contribution in [0.15, 0.2) is 48.5 Å². The first-order chi connectivity index (χ1) is 27.6. The molecule has 0 spiro atoms. The van der Waals surface area contributed by atoms with Gasteiger partial charge in [-0.3, -0.25) is 29.4 Å². The Balaban J connectivity index is 0.764. The number of hydrogen-bond donors (Lipinski definition) is 3. The third-order valence-corrected chi connectivity index (χ3v) is 13.6. The number of piperazine rings is 1. The number of phenolic OH excluding ortho intramolecular Hbond substituents is 1. The number of nitrogens with zero attached hydrogens (tertiary/aromatic N) is 7. The topological polar surface area (TPSA) is 155 Å². The van der Waals surface area contributed by atoms with Crippen LogP contribution in [0.3, 0.4) is 0 Å². The molecule has 1 aromatic heterocycles. The zero-order valence-electron chi connectivity index (χ0n) is 32.4. The zero-order chi connectivity index (χ0) is 39.5. The lowest BCUT2D eigenvalue weighted by Gasteiger charge is -2.49. The van der Waals surface area contributed by atoms with E-state index in [4.69, 9.17) is 0 Å². The Kier molecular flexibility index (Phi) is 9.84. The molecule has 5 aliphatic heterocycles. The van der Waals surface area contributed by atoms with Crippen molar-refractivity contribution in [3.05, 3.63) is 59.7 Å². The largest absolute Gasteiger partial charge is 0.507 e. The number of likely N-dealkylation sites (tertiary alicyclic amines) is 1. The quantitative estimate of drug-likeness (QED) is 0.216. The van der Waals surface area contributed by atoms with Crippen LogP contribution >= 0.6 is 0 Å². The number of aromatic hydroxyl groups is 1. The number of rotatable bonds is 9. The smallest absolute Gasteiger partial charge is 0.255 e. The number of carbonyl (C=O) groups is 4. The number of phenols is 1. The van der Waals surface area contributed by atoms with E-state index >= 15 is 4.39 Å². The molecule has 0 bridgehead atoms. The van der Waals surface area contributed by atoms with Crippen molar-refractivity contribution in [3.8, 4) is 17.0 Å². The highest BCUT2D eigenvalue weighted by Crippen LogP contribution is 2.53. The van der Waals surface area contributed by atoms with E-state index in [1.807, 2.05) is 23.1 Å². The van der Waals surface area contributed by atoms with Gasteiger partial charge in [0.25, 0.3) is 5.91 Å². The molecule has 3 aromatic rings. The van der Waals surface area contributed by atoms with Gasteiger partial charge in [-0.25, -0.2) is 4.39 Å². The number of imide groups is 1. The lowest BCUT2D eigenvalue weighted by Crippen LogP contribution is -2.61. The number of hydrogen-bond acceptors (Lipinski definition) is 12. The molecule has 6 heterocycles. The summed E-state index contributed by atoms with van der Waals surface area (Å²) in [6.45, 7) is 9.68. The number of benzene rings is 2. The van der Waals surface area contributed by atoms with Gasteiger partial charge < -0.3 is 30.0 Å². The average molecular weight is 780 g/mol. The van der Waals surface area contributed by atoms with E-state index < -0.39 is 24.0 Å². The van der Waals surface area contributed by atoms with E-state index in [1.54, 1.807) is 30.3 Å². The third kappa shape index (κ3) is 7.09. The number of aromatic nitrogens is 2. The van der Waals surface area contributed by atoms with Crippen molar-refractivity contribution in [2.75, 3.05) is 81.1 Å². The van der Waals surface area contributed by atoms with Gasteiger partial charge in [-0.05, 0) is 73.9 Å². The number of aldehydes is 1. The number of piperidine rings is 3. The standard InChI is InChI=1S/C42H50FN9O5/c1-24-16-52-28(15-44-40-37(52)14-35(46-47-40)29-5-3-4-6-38(29)54)18-51(24)21-33-31-19-49(20-32(31)33)17-25-11-12-50(22-34(25)43)27-8-7-26(23-53)30(13-27)42(57)48(2)36-9-10-39(55)45-41(36)56/h3-8,13-14,23-25,28,31-34,36,54H,9-12,15-22H2,1-2H3,(H,44,47)(H,45,55,56)/t24-,25+,28-,31-,32+,33?,34-,36?/m0/s1. The van der Waals surface area contributed by atoms with Gasteiger partial charge in [0, 0.05) is 101 Å². The summed E-state index contributed by atoms with van der Waals surface area (Å²) in [4.78, 5) is 60.3. The Morgan fingerprint density at radius 3 is 2.58 bits per heavy atom. The Bertz CT molecular complexity index is 2070. The second-order valence-corrected chi connectivity index (χ2v) is 17.0. The Labute approximate surface area is 331 Å². The molecule has 2 aromatic carbocycles. The van der Waals surface area contributed by atoms with Crippen molar-refractivity contribution < 1.29 is 28.7 Å². The molecule has 3 amide bonds. The fourth-order valence-electron chi connectivity index (χ4n) is 10.2. The molecule has 4 saturated heterocycles. The predicted molar refractivity (Wildman–Crippen MR) is 212 cm³/mol. The van der Waals surface area contributed by atoms with Crippen molar-refractivity contribution in [2.24, 2.45) is 23.7 Å². The summed E-state index contributed by atoms with van der Waals surface area (Å²) in [5.74, 6) is 1.49. The molecular weight excluding hydrogens is 730 g/mol. The number of halogens is 1. The molecule has 300 valence electrons. The van der Waals surface area contributed by atoms with Crippen LogP contribution in [0.25, 0.3) is 11.3 Å². The molecule has 8 atom stereocenters. The number of anilines is 3. The van der Waals surface area contributed by atoms with Crippen LogP contribution in [-0.2, 0) is 9.59 Å². The lowest BCUT2D eigenvalue weighted by atomic mass is 9.93. The molecule has 5 fully saturated rings. The molecule has 1 aliphatic carbocycles. The maximum absolute atomic E-state index is 15.9. The first-order valence-electron chi connectivity index (χ1n) is 20.3. The summed E-state index contributed by atoms with van der Waals surface area (Å²) in [7, 11) is 1.50. The van der Waals surface area contributed by atoms with Crippen LogP contribution in [0.4, 0.5) is 21.6 Å². The van der Waals surface area contributed by atoms with E-state index in [1.165, 1.54) is 11.9 Å². The number of likely N-dealkylation sites (N-methyl/N-ethyl adjacent to an activating group) is 1. The molecule has 0 radical (unpaired) electrons. The van der Waals surface area contributed by atoms with Crippen molar-refractivity contribution in [2.45, 2.75) is 50.5 Å². The zero-order valence-corrected chi connectivity index (χ0v) is 32.4. The highest BCUT2D eigenvalue weighted by Gasteiger charge is 2.56. The monoisotopic (exact) mass is 779 g/mol. The molecular formula is C42H50FN9O5. The van der Waals surface area contributed by atoms with Gasteiger partial charge in [-0.1, -0.05) is 12.1 Å². The van der Waals surface area contributed by atoms with Gasteiger partial charge in [-0.2, -0.15) is 0 Å². The predicted octanol–water partition coefficient (Wildman–Crippen LogP) is 2.89. The van der Waals surface area contributed by atoms with Crippen LogP contribution in [0.5, 0.6) is 5.75 Å². The molecule has 9 rings (SSSR count). The minimum atomic E-state index is -1.03. The summed E-state index contributed by atoms with van der Waals surface area (Å²) < 4.78 is 15.9. The SMILES string of the molecule is C[C@H]1CN2c3cc(-c4ccccc4O)nnc3NC[C@H]2CN1CC1[C@H]2CN(C[C@H]3CCN(c4ccc(C=O)c(C(=O)N(C)C5CCC(=O)NC5=O)c4)C[C@@H]3F)C[C@@H]12. The number of alkyl halides is 1. The average Bonchev–Trinajstić information content (AvgIpc) is 3.64. The Morgan fingerprint density at radius 2 is 1.82 bits per heavy atom. The van der Waals surface area contributed by atoms with Gasteiger partial charge in [-0.15, -0.1) is 10.2 Å². The first kappa shape index (κ1) is 37.4. The van der Waals surface area contributed by atoms with Crippen molar-refractivity contribution >= 4 is 41.2 Å². The van der Waals surface area contributed by atoms with Crippen molar-refractivity contribution in [1.82, 2.24) is 30.2 Å². The van der Waals surface area contributed by atoms with Gasteiger partial charge in [0.1, 0.15) is 18.0 Å².